The second kappa shape index (κ2) is 5.66. The summed E-state index contributed by atoms with van der Waals surface area (Å²) in [6, 6.07) is 13.0. The van der Waals surface area contributed by atoms with Crippen molar-refractivity contribution in [3.63, 3.8) is 0 Å². The van der Waals surface area contributed by atoms with Crippen molar-refractivity contribution in [2.24, 2.45) is 0 Å². The third kappa shape index (κ3) is 2.69. The molecule has 2 aromatic rings. The van der Waals surface area contributed by atoms with Gasteiger partial charge in [0.2, 0.25) is 0 Å². The fraction of sp³-hybridized carbons (Fsp3) is 0.389. The van der Waals surface area contributed by atoms with Crippen molar-refractivity contribution >= 4 is 5.82 Å². The molecule has 1 aliphatic carbocycles. The molecule has 2 nitrogen and oxygen atoms in total. The lowest BCUT2D eigenvalue weighted by molar-refractivity contribution is 0.443. The first-order valence-electron chi connectivity index (χ1n) is 7.57. The topological polar surface area (TPSA) is 38.9 Å². The van der Waals surface area contributed by atoms with Crippen LogP contribution in [0.1, 0.15) is 49.3 Å². The molecule has 0 aliphatic heterocycles. The monoisotopic (exact) mass is 266 g/mol. The average Bonchev–Trinajstić information content (AvgIpc) is 2.48. The first-order chi connectivity index (χ1) is 9.74. The number of benzene rings is 1. The van der Waals surface area contributed by atoms with Crippen LogP contribution in [0.3, 0.4) is 0 Å². The van der Waals surface area contributed by atoms with Gasteiger partial charge >= 0.3 is 0 Å². The number of nitrogen functional groups attached to an aromatic ring is 1. The Hall–Kier alpha value is -1.83. The molecule has 0 bridgehead atoms. The van der Waals surface area contributed by atoms with E-state index in [1.807, 2.05) is 13.0 Å². The Morgan fingerprint density at radius 3 is 2.30 bits per heavy atom. The minimum absolute atomic E-state index is 0.588. The van der Waals surface area contributed by atoms with Crippen LogP contribution in [0.2, 0.25) is 0 Å². The molecular formula is C18H22N2. The van der Waals surface area contributed by atoms with E-state index < -0.39 is 0 Å². The zero-order valence-electron chi connectivity index (χ0n) is 12.1. The summed E-state index contributed by atoms with van der Waals surface area (Å²) >= 11 is 0. The fourth-order valence-corrected chi connectivity index (χ4v) is 3.26. The number of hydrogen-bond acceptors (Lipinski definition) is 2. The zero-order valence-corrected chi connectivity index (χ0v) is 12.1. The van der Waals surface area contributed by atoms with Crippen LogP contribution in [0.5, 0.6) is 0 Å². The van der Waals surface area contributed by atoms with Crippen LogP contribution < -0.4 is 5.73 Å². The van der Waals surface area contributed by atoms with E-state index in [4.69, 9.17) is 5.73 Å². The van der Waals surface area contributed by atoms with Gasteiger partial charge in [0.1, 0.15) is 5.82 Å². The van der Waals surface area contributed by atoms with Crippen LogP contribution in [0.4, 0.5) is 5.82 Å². The molecule has 104 valence electrons. The highest BCUT2D eigenvalue weighted by Gasteiger charge is 2.15. The molecule has 3 rings (SSSR count). The average molecular weight is 266 g/mol. The summed E-state index contributed by atoms with van der Waals surface area (Å²) in [5.74, 6) is 1.36. The van der Waals surface area contributed by atoms with Gasteiger partial charge in [-0.3, -0.25) is 0 Å². The lowest BCUT2D eigenvalue weighted by Gasteiger charge is -2.22. The van der Waals surface area contributed by atoms with E-state index in [9.17, 15) is 0 Å². The van der Waals surface area contributed by atoms with E-state index in [0.29, 0.717) is 5.82 Å². The molecular weight excluding hydrogens is 244 g/mol. The maximum atomic E-state index is 5.72. The van der Waals surface area contributed by atoms with Gasteiger partial charge in [0.25, 0.3) is 0 Å². The maximum Gasteiger partial charge on any atom is 0.123 e. The smallest absolute Gasteiger partial charge is 0.123 e. The number of pyridine rings is 1. The van der Waals surface area contributed by atoms with Gasteiger partial charge in [-0.25, -0.2) is 4.98 Å². The predicted molar refractivity (Wildman–Crippen MR) is 84.6 cm³/mol. The van der Waals surface area contributed by atoms with Crippen LogP contribution in [-0.2, 0) is 0 Å². The lowest BCUT2D eigenvalue weighted by atomic mass is 9.83. The maximum absolute atomic E-state index is 5.72. The summed E-state index contributed by atoms with van der Waals surface area (Å²) in [5, 5.41) is 0. The van der Waals surface area contributed by atoms with E-state index in [-0.39, 0.29) is 0 Å². The molecule has 0 amide bonds. The molecule has 1 aromatic heterocycles. The van der Waals surface area contributed by atoms with E-state index in [1.165, 1.54) is 48.8 Å². The van der Waals surface area contributed by atoms with E-state index >= 15 is 0 Å². The molecule has 1 aliphatic rings. The minimum atomic E-state index is 0.588. The highest BCUT2D eigenvalue weighted by atomic mass is 14.8. The number of nitrogens with two attached hydrogens (primary N) is 1. The summed E-state index contributed by atoms with van der Waals surface area (Å²) in [6.07, 6.45) is 6.87. The third-order valence-electron chi connectivity index (χ3n) is 4.41. The Morgan fingerprint density at radius 1 is 0.950 bits per heavy atom. The lowest BCUT2D eigenvalue weighted by Crippen LogP contribution is -2.04. The molecule has 0 atom stereocenters. The molecule has 20 heavy (non-hydrogen) atoms. The standard InChI is InChI=1S/C18H22N2/c1-13-17(11-12-18(19)20-13)16-9-7-15(8-10-16)14-5-3-2-4-6-14/h7-12,14H,2-6H2,1H3,(H2,19,20). The Morgan fingerprint density at radius 2 is 1.65 bits per heavy atom. The van der Waals surface area contributed by atoms with Crippen molar-refractivity contribution in [3.8, 4) is 11.1 Å². The molecule has 0 saturated heterocycles. The van der Waals surface area contributed by atoms with Crippen LogP contribution in [0.15, 0.2) is 36.4 Å². The van der Waals surface area contributed by atoms with Crippen LogP contribution in [0.25, 0.3) is 11.1 Å². The zero-order chi connectivity index (χ0) is 13.9. The minimum Gasteiger partial charge on any atom is -0.384 e. The molecule has 2 heteroatoms. The summed E-state index contributed by atoms with van der Waals surface area (Å²) in [5.41, 5.74) is 10.6. The van der Waals surface area contributed by atoms with Gasteiger partial charge < -0.3 is 5.73 Å². The van der Waals surface area contributed by atoms with Crippen molar-refractivity contribution in [1.82, 2.24) is 4.98 Å². The number of rotatable bonds is 2. The Balaban J connectivity index is 1.85. The van der Waals surface area contributed by atoms with Gasteiger partial charge in [-0.1, -0.05) is 43.5 Å². The number of aromatic nitrogens is 1. The van der Waals surface area contributed by atoms with Crippen molar-refractivity contribution in [1.29, 1.82) is 0 Å². The first kappa shape index (κ1) is 13.2. The summed E-state index contributed by atoms with van der Waals surface area (Å²) in [6.45, 7) is 2.01. The largest absolute Gasteiger partial charge is 0.384 e. The van der Waals surface area contributed by atoms with E-state index in [1.54, 1.807) is 0 Å². The van der Waals surface area contributed by atoms with Crippen molar-refractivity contribution in [2.45, 2.75) is 44.9 Å². The number of nitrogens with zero attached hydrogens (tertiary/aromatic N) is 1. The molecule has 1 aromatic carbocycles. The second-order valence-corrected chi connectivity index (χ2v) is 5.83. The van der Waals surface area contributed by atoms with E-state index in [0.717, 1.165) is 11.6 Å². The number of anilines is 1. The van der Waals surface area contributed by atoms with Gasteiger partial charge in [-0.2, -0.15) is 0 Å². The van der Waals surface area contributed by atoms with Gasteiger partial charge in [0, 0.05) is 11.3 Å². The normalized spacial score (nSPS) is 16.2. The van der Waals surface area contributed by atoms with E-state index in [2.05, 4.69) is 35.3 Å². The molecule has 0 spiro atoms. The molecule has 0 unspecified atom stereocenters. The van der Waals surface area contributed by atoms with Crippen LogP contribution in [-0.4, -0.2) is 4.98 Å². The Labute approximate surface area is 121 Å². The summed E-state index contributed by atoms with van der Waals surface area (Å²) in [7, 11) is 0. The quantitative estimate of drug-likeness (QED) is 0.856. The van der Waals surface area contributed by atoms with Gasteiger partial charge in [0.05, 0.1) is 0 Å². The highest BCUT2D eigenvalue weighted by Crippen LogP contribution is 2.33. The van der Waals surface area contributed by atoms with Crippen molar-refractivity contribution < 1.29 is 0 Å². The highest BCUT2D eigenvalue weighted by molar-refractivity contribution is 5.67. The third-order valence-corrected chi connectivity index (χ3v) is 4.41. The number of aryl methyl sites for hydroxylation is 1. The summed E-state index contributed by atoms with van der Waals surface area (Å²) < 4.78 is 0. The molecule has 1 heterocycles. The summed E-state index contributed by atoms with van der Waals surface area (Å²) in [4.78, 5) is 4.34. The van der Waals surface area contributed by atoms with Gasteiger partial charge in [0.15, 0.2) is 0 Å². The molecule has 0 radical (unpaired) electrons. The van der Waals surface area contributed by atoms with Gasteiger partial charge in [-0.05, 0) is 48.9 Å². The first-order valence-corrected chi connectivity index (χ1v) is 7.57. The van der Waals surface area contributed by atoms with Crippen molar-refractivity contribution in [2.75, 3.05) is 5.73 Å². The molecule has 1 fully saturated rings. The van der Waals surface area contributed by atoms with Crippen LogP contribution in [0, 0.1) is 6.92 Å². The SMILES string of the molecule is Cc1nc(N)ccc1-c1ccc(C2CCCCC2)cc1. The Bertz CT molecular complexity index is 581. The molecule has 2 N–H and O–H groups in total. The van der Waals surface area contributed by atoms with Crippen molar-refractivity contribution in [3.05, 3.63) is 47.7 Å². The number of hydrogen-bond donors (Lipinski definition) is 1. The predicted octanol–water partition coefficient (Wildman–Crippen LogP) is 4.69. The fourth-order valence-electron chi connectivity index (χ4n) is 3.26. The second-order valence-electron chi connectivity index (χ2n) is 5.83. The van der Waals surface area contributed by atoms with Gasteiger partial charge in [-0.15, -0.1) is 0 Å². The van der Waals surface area contributed by atoms with Crippen LogP contribution >= 0.6 is 0 Å². The Kier molecular flexibility index (Phi) is 3.72. The molecule has 1 saturated carbocycles.